The van der Waals surface area contributed by atoms with Crippen molar-refractivity contribution in [2.75, 3.05) is 11.9 Å². The lowest BCUT2D eigenvalue weighted by Crippen LogP contribution is -2.06. The van der Waals surface area contributed by atoms with Crippen molar-refractivity contribution in [2.45, 2.75) is 26.8 Å². The summed E-state index contributed by atoms with van der Waals surface area (Å²) >= 11 is 7.86. The molecule has 0 aliphatic rings. The smallest absolute Gasteiger partial charge is 0.142 e. The van der Waals surface area contributed by atoms with Crippen molar-refractivity contribution >= 4 is 28.6 Å². The maximum absolute atomic E-state index is 6.06. The van der Waals surface area contributed by atoms with Crippen LogP contribution in [0, 0.1) is 6.92 Å². The van der Waals surface area contributed by atoms with E-state index in [1.807, 2.05) is 25.1 Å². The number of aryl methyl sites for hydroxylation is 1. The highest BCUT2D eigenvalue weighted by molar-refractivity contribution is 7.12. The Labute approximate surface area is 123 Å². The molecule has 0 spiro atoms. The SMILES string of the molecule is CCOc1ccc(Cl)cc1NC(C)c1ccc(C)s1. The molecule has 0 radical (unpaired) electrons. The second-order valence-corrected chi connectivity index (χ2v) is 6.14. The minimum Gasteiger partial charge on any atom is -0.492 e. The zero-order valence-corrected chi connectivity index (χ0v) is 12.9. The number of hydrogen-bond acceptors (Lipinski definition) is 3. The first-order valence-electron chi connectivity index (χ1n) is 6.35. The molecule has 0 fully saturated rings. The third kappa shape index (κ3) is 3.64. The van der Waals surface area contributed by atoms with Crippen LogP contribution in [0.4, 0.5) is 5.69 Å². The van der Waals surface area contributed by atoms with Gasteiger partial charge in [-0.25, -0.2) is 0 Å². The van der Waals surface area contributed by atoms with Gasteiger partial charge in [0.15, 0.2) is 0 Å². The van der Waals surface area contributed by atoms with Crippen LogP contribution >= 0.6 is 22.9 Å². The Balaban J connectivity index is 2.19. The average molecular weight is 296 g/mol. The molecule has 1 unspecified atom stereocenters. The molecule has 1 atom stereocenters. The van der Waals surface area contributed by atoms with Gasteiger partial charge >= 0.3 is 0 Å². The summed E-state index contributed by atoms with van der Waals surface area (Å²) in [6.07, 6.45) is 0. The molecule has 0 aliphatic heterocycles. The van der Waals surface area contributed by atoms with Gasteiger partial charge in [0.05, 0.1) is 18.3 Å². The number of benzene rings is 1. The Bertz CT molecular complexity index is 553. The molecule has 1 aromatic carbocycles. The van der Waals surface area contributed by atoms with Crippen molar-refractivity contribution in [1.82, 2.24) is 0 Å². The zero-order chi connectivity index (χ0) is 13.8. The van der Waals surface area contributed by atoms with E-state index in [0.717, 1.165) is 11.4 Å². The second kappa shape index (κ2) is 6.31. The molecule has 4 heteroatoms. The van der Waals surface area contributed by atoms with E-state index in [2.05, 4.69) is 31.3 Å². The lowest BCUT2D eigenvalue weighted by atomic mass is 10.2. The fraction of sp³-hybridized carbons (Fsp3) is 0.333. The standard InChI is InChI=1S/C15H18ClNOS/c1-4-18-14-7-6-12(16)9-13(14)17-11(3)15-8-5-10(2)19-15/h5-9,11,17H,4H2,1-3H3. The highest BCUT2D eigenvalue weighted by Crippen LogP contribution is 2.32. The van der Waals surface area contributed by atoms with Gasteiger partial charge < -0.3 is 10.1 Å². The first-order chi connectivity index (χ1) is 9.10. The van der Waals surface area contributed by atoms with E-state index < -0.39 is 0 Å². The van der Waals surface area contributed by atoms with Gasteiger partial charge in [0.2, 0.25) is 0 Å². The number of ether oxygens (including phenoxy) is 1. The molecule has 0 amide bonds. The average Bonchev–Trinajstić information content (AvgIpc) is 2.80. The van der Waals surface area contributed by atoms with E-state index in [9.17, 15) is 0 Å². The Morgan fingerprint density at radius 1 is 1.32 bits per heavy atom. The van der Waals surface area contributed by atoms with Gasteiger partial charge in [0.1, 0.15) is 5.75 Å². The minimum atomic E-state index is 0.233. The summed E-state index contributed by atoms with van der Waals surface area (Å²) in [5.41, 5.74) is 0.938. The van der Waals surface area contributed by atoms with Crippen LogP contribution in [0.15, 0.2) is 30.3 Å². The lowest BCUT2D eigenvalue weighted by Gasteiger charge is -2.17. The third-order valence-corrected chi connectivity index (χ3v) is 4.22. The molecule has 0 saturated heterocycles. The molecule has 2 nitrogen and oxygen atoms in total. The molecule has 1 heterocycles. The van der Waals surface area contributed by atoms with Crippen LogP contribution in [-0.2, 0) is 0 Å². The maximum atomic E-state index is 6.06. The molecule has 19 heavy (non-hydrogen) atoms. The molecule has 2 aromatic rings. The molecule has 1 aromatic heterocycles. The molecule has 1 N–H and O–H groups in total. The Kier molecular flexibility index (Phi) is 4.72. The van der Waals surface area contributed by atoms with Gasteiger partial charge in [-0.15, -0.1) is 11.3 Å². The number of hydrogen-bond donors (Lipinski definition) is 1. The van der Waals surface area contributed by atoms with Crippen molar-refractivity contribution in [3.63, 3.8) is 0 Å². The predicted molar refractivity (Wildman–Crippen MR) is 83.7 cm³/mol. The third-order valence-electron chi connectivity index (χ3n) is 2.80. The topological polar surface area (TPSA) is 21.3 Å². The highest BCUT2D eigenvalue weighted by Gasteiger charge is 2.11. The summed E-state index contributed by atoms with van der Waals surface area (Å²) in [6.45, 7) is 6.88. The van der Waals surface area contributed by atoms with Crippen LogP contribution in [0.5, 0.6) is 5.75 Å². The fourth-order valence-electron chi connectivity index (χ4n) is 1.89. The first kappa shape index (κ1) is 14.2. The van der Waals surface area contributed by atoms with E-state index in [4.69, 9.17) is 16.3 Å². The molecular weight excluding hydrogens is 278 g/mol. The van der Waals surface area contributed by atoms with Crippen LogP contribution in [0.3, 0.4) is 0 Å². The molecular formula is C15H18ClNOS. The Morgan fingerprint density at radius 2 is 2.11 bits per heavy atom. The van der Waals surface area contributed by atoms with Crippen LogP contribution in [0.2, 0.25) is 5.02 Å². The molecule has 102 valence electrons. The molecule has 0 bridgehead atoms. The molecule has 0 saturated carbocycles. The summed E-state index contributed by atoms with van der Waals surface area (Å²) in [6, 6.07) is 10.2. The van der Waals surface area contributed by atoms with Crippen LogP contribution in [0.1, 0.15) is 29.6 Å². The van der Waals surface area contributed by atoms with Crippen molar-refractivity contribution in [3.8, 4) is 5.75 Å². The van der Waals surface area contributed by atoms with Crippen LogP contribution < -0.4 is 10.1 Å². The summed E-state index contributed by atoms with van der Waals surface area (Å²) in [5, 5.41) is 4.18. The molecule has 0 aliphatic carbocycles. The Hall–Kier alpha value is -1.19. The quantitative estimate of drug-likeness (QED) is 0.810. The minimum absolute atomic E-state index is 0.233. The number of nitrogens with one attached hydrogen (secondary N) is 1. The van der Waals surface area contributed by atoms with Crippen molar-refractivity contribution < 1.29 is 4.74 Å². The van der Waals surface area contributed by atoms with Gasteiger partial charge in [0, 0.05) is 14.8 Å². The second-order valence-electron chi connectivity index (χ2n) is 4.39. The van der Waals surface area contributed by atoms with Gasteiger partial charge in [-0.3, -0.25) is 0 Å². The monoisotopic (exact) mass is 295 g/mol. The van der Waals surface area contributed by atoms with E-state index in [1.54, 1.807) is 11.3 Å². The van der Waals surface area contributed by atoms with E-state index in [1.165, 1.54) is 9.75 Å². The molecule has 2 rings (SSSR count). The highest BCUT2D eigenvalue weighted by atomic mass is 35.5. The van der Waals surface area contributed by atoms with E-state index in [0.29, 0.717) is 11.6 Å². The van der Waals surface area contributed by atoms with E-state index >= 15 is 0 Å². The lowest BCUT2D eigenvalue weighted by molar-refractivity contribution is 0.341. The number of anilines is 1. The first-order valence-corrected chi connectivity index (χ1v) is 7.55. The zero-order valence-electron chi connectivity index (χ0n) is 11.4. The van der Waals surface area contributed by atoms with Gasteiger partial charge in [0.25, 0.3) is 0 Å². The Morgan fingerprint density at radius 3 is 2.74 bits per heavy atom. The summed E-state index contributed by atoms with van der Waals surface area (Å²) in [5.74, 6) is 0.840. The fourth-order valence-corrected chi connectivity index (χ4v) is 2.94. The summed E-state index contributed by atoms with van der Waals surface area (Å²) in [4.78, 5) is 2.62. The van der Waals surface area contributed by atoms with Gasteiger partial charge in [-0.05, 0) is 51.1 Å². The van der Waals surface area contributed by atoms with Crippen molar-refractivity contribution in [2.24, 2.45) is 0 Å². The van der Waals surface area contributed by atoms with Crippen molar-refractivity contribution in [1.29, 1.82) is 0 Å². The van der Waals surface area contributed by atoms with Crippen LogP contribution in [0.25, 0.3) is 0 Å². The van der Waals surface area contributed by atoms with Gasteiger partial charge in [-0.1, -0.05) is 11.6 Å². The largest absolute Gasteiger partial charge is 0.492 e. The summed E-state index contributed by atoms with van der Waals surface area (Å²) in [7, 11) is 0. The summed E-state index contributed by atoms with van der Waals surface area (Å²) < 4.78 is 5.62. The number of thiophene rings is 1. The number of rotatable bonds is 5. The van der Waals surface area contributed by atoms with Gasteiger partial charge in [-0.2, -0.15) is 0 Å². The van der Waals surface area contributed by atoms with E-state index in [-0.39, 0.29) is 6.04 Å². The predicted octanol–water partition coefficient (Wildman–Crippen LogP) is 5.28. The van der Waals surface area contributed by atoms with Crippen LogP contribution in [-0.4, -0.2) is 6.61 Å². The maximum Gasteiger partial charge on any atom is 0.142 e. The normalized spacial score (nSPS) is 12.2. The van der Waals surface area contributed by atoms with Crippen molar-refractivity contribution in [3.05, 3.63) is 45.1 Å². The number of halogens is 1.